The highest BCUT2D eigenvalue weighted by atomic mass is 16.6. The van der Waals surface area contributed by atoms with Crippen molar-refractivity contribution in [3.05, 3.63) is 0 Å². The quantitative estimate of drug-likeness (QED) is 0.574. The van der Waals surface area contributed by atoms with E-state index in [9.17, 15) is 4.79 Å². The lowest BCUT2D eigenvalue weighted by atomic mass is 10.1. The lowest BCUT2D eigenvalue weighted by Gasteiger charge is -2.25. The highest BCUT2D eigenvalue weighted by Crippen LogP contribution is 2.13. The number of ether oxygens (including phenoxy) is 1. The van der Waals surface area contributed by atoms with Gasteiger partial charge in [-0.1, -0.05) is 6.92 Å². The summed E-state index contributed by atoms with van der Waals surface area (Å²) >= 11 is 0. The fraction of sp³-hybridized carbons (Fsp3) is 0.895. The zero-order valence-corrected chi connectivity index (χ0v) is 17.2. The lowest BCUT2D eigenvalue weighted by molar-refractivity contribution is 0.0507. The van der Waals surface area contributed by atoms with E-state index in [0.29, 0.717) is 5.92 Å². The van der Waals surface area contributed by atoms with Gasteiger partial charge in [0.2, 0.25) is 0 Å². The molecule has 2 atom stereocenters. The Morgan fingerprint density at radius 2 is 1.96 bits per heavy atom. The molecule has 0 radical (unpaired) electrons. The van der Waals surface area contributed by atoms with Gasteiger partial charge in [0.15, 0.2) is 5.96 Å². The number of hydrogen-bond donors (Lipinski definition) is 2. The summed E-state index contributed by atoms with van der Waals surface area (Å²) in [5.74, 6) is 1.51. The number of rotatable bonds is 5. The van der Waals surface area contributed by atoms with Gasteiger partial charge in [-0.15, -0.1) is 0 Å². The van der Waals surface area contributed by atoms with Crippen LogP contribution in [0.4, 0.5) is 4.79 Å². The van der Waals surface area contributed by atoms with E-state index in [0.717, 1.165) is 38.6 Å². The van der Waals surface area contributed by atoms with Crippen LogP contribution in [0.1, 0.15) is 47.0 Å². The molecule has 2 fully saturated rings. The fourth-order valence-corrected chi connectivity index (χ4v) is 3.61. The summed E-state index contributed by atoms with van der Waals surface area (Å²) in [5.41, 5.74) is -0.467. The summed E-state index contributed by atoms with van der Waals surface area (Å²) in [6.07, 6.45) is 3.23. The number of aliphatic imine (C=N–C) groups is 1. The normalized spacial score (nSPS) is 23.2. The predicted molar refractivity (Wildman–Crippen MR) is 106 cm³/mol. The largest absolute Gasteiger partial charge is 0.444 e. The molecule has 2 heterocycles. The van der Waals surface area contributed by atoms with Gasteiger partial charge in [0.05, 0.1) is 6.04 Å². The molecule has 2 unspecified atom stereocenters. The topological polar surface area (TPSA) is 69.2 Å². The van der Waals surface area contributed by atoms with Gasteiger partial charge in [-0.2, -0.15) is 0 Å². The minimum atomic E-state index is -0.467. The Morgan fingerprint density at radius 3 is 2.58 bits per heavy atom. The van der Waals surface area contributed by atoms with Crippen molar-refractivity contribution in [3.63, 3.8) is 0 Å². The number of alkyl carbamates (subject to hydrolysis) is 1. The zero-order valence-electron chi connectivity index (χ0n) is 17.2. The van der Waals surface area contributed by atoms with Crippen molar-refractivity contribution in [1.82, 2.24) is 20.4 Å². The number of nitrogens with one attached hydrogen (secondary N) is 2. The van der Waals surface area contributed by atoms with Gasteiger partial charge in [-0.25, -0.2) is 4.79 Å². The van der Waals surface area contributed by atoms with E-state index in [1.165, 1.54) is 25.9 Å². The highest BCUT2D eigenvalue weighted by Gasteiger charge is 2.28. The van der Waals surface area contributed by atoms with Gasteiger partial charge >= 0.3 is 6.09 Å². The number of carbonyl (C=O) groups excluding carboxylic acids is 1. The Balaban J connectivity index is 1.72. The third-order valence-corrected chi connectivity index (χ3v) is 4.80. The van der Waals surface area contributed by atoms with Gasteiger partial charge in [-0.3, -0.25) is 4.99 Å². The maximum absolute atomic E-state index is 11.9. The summed E-state index contributed by atoms with van der Waals surface area (Å²) in [7, 11) is 1.82. The molecule has 2 rings (SSSR count). The SMILES string of the molecule is CN=C(NCC(C)CN1CCCC1)N1CCC(NC(=O)OC(C)(C)C)C1. The number of amides is 1. The van der Waals surface area contributed by atoms with E-state index in [-0.39, 0.29) is 12.1 Å². The third-order valence-electron chi connectivity index (χ3n) is 4.80. The number of hydrogen-bond acceptors (Lipinski definition) is 4. The van der Waals surface area contributed by atoms with E-state index in [1.807, 2.05) is 27.8 Å². The Kier molecular flexibility index (Phi) is 7.55. The van der Waals surface area contributed by atoms with Gasteiger partial charge in [-0.05, 0) is 59.0 Å². The summed E-state index contributed by atoms with van der Waals surface area (Å²) < 4.78 is 5.34. The first-order valence-electron chi connectivity index (χ1n) is 9.94. The van der Waals surface area contributed by atoms with Crippen LogP contribution in [0.3, 0.4) is 0 Å². The molecule has 7 nitrogen and oxygen atoms in total. The van der Waals surface area contributed by atoms with Crippen molar-refractivity contribution in [2.75, 3.05) is 46.3 Å². The van der Waals surface area contributed by atoms with Crippen LogP contribution >= 0.6 is 0 Å². The van der Waals surface area contributed by atoms with Gasteiger partial charge < -0.3 is 25.2 Å². The van der Waals surface area contributed by atoms with Crippen molar-refractivity contribution >= 4 is 12.1 Å². The van der Waals surface area contributed by atoms with Crippen molar-refractivity contribution in [1.29, 1.82) is 0 Å². The summed E-state index contributed by atoms with van der Waals surface area (Å²) in [5, 5.41) is 6.47. The molecule has 0 aromatic carbocycles. The monoisotopic (exact) mass is 367 g/mol. The first-order chi connectivity index (χ1) is 12.3. The molecule has 2 saturated heterocycles. The smallest absolute Gasteiger partial charge is 0.407 e. The molecular formula is C19H37N5O2. The van der Waals surface area contributed by atoms with Crippen LogP contribution in [0.2, 0.25) is 0 Å². The molecule has 0 aliphatic carbocycles. The van der Waals surface area contributed by atoms with E-state index >= 15 is 0 Å². The summed E-state index contributed by atoms with van der Waals surface area (Å²) in [6, 6.07) is 0.102. The lowest BCUT2D eigenvalue weighted by Crippen LogP contribution is -2.45. The first-order valence-corrected chi connectivity index (χ1v) is 9.94. The third kappa shape index (κ3) is 7.02. The van der Waals surface area contributed by atoms with Gasteiger partial charge in [0.25, 0.3) is 0 Å². The van der Waals surface area contributed by atoms with Crippen LogP contribution in [0.25, 0.3) is 0 Å². The number of likely N-dealkylation sites (tertiary alicyclic amines) is 2. The molecule has 0 spiro atoms. The molecule has 2 aliphatic heterocycles. The molecule has 0 bridgehead atoms. The second-order valence-corrected chi connectivity index (χ2v) is 8.62. The van der Waals surface area contributed by atoms with Crippen molar-refractivity contribution in [2.45, 2.75) is 58.6 Å². The van der Waals surface area contributed by atoms with Crippen LogP contribution in [0, 0.1) is 5.92 Å². The average molecular weight is 368 g/mol. The maximum atomic E-state index is 11.9. The molecule has 1 amide bonds. The molecule has 0 saturated carbocycles. The summed E-state index contributed by atoms with van der Waals surface area (Å²) in [6.45, 7) is 14.1. The molecular weight excluding hydrogens is 330 g/mol. The van der Waals surface area contributed by atoms with E-state index in [2.05, 4.69) is 32.3 Å². The molecule has 2 aliphatic rings. The minimum Gasteiger partial charge on any atom is -0.444 e. The Hall–Kier alpha value is -1.50. The van der Waals surface area contributed by atoms with Gasteiger partial charge in [0.1, 0.15) is 5.60 Å². The van der Waals surface area contributed by atoms with E-state index in [4.69, 9.17) is 4.74 Å². The molecule has 0 aromatic heterocycles. The molecule has 150 valence electrons. The van der Waals surface area contributed by atoms with Crippen LogP contribution in [0.5, 0.6) is 0 Å². The van der Waals surface area contributed by atoms with E-state index in [1.54, 1.807) is 0 Å². The fourth-order valence-electron chi connectivity index (χ4n) is 3.61. The van der Waals surface area contributed by atoms with Crippen molar-refractivity contribution in [3.8, 4) is 0 Å². The molecule has 0 aromatic rings. The highest BCUT2D eigenvalue weighted by molar-refractivity contribution is 5.80. The van der Waals surface area contributed by atoms with Crippen molar-refractivity contribution in [2.24, 2.45) is 10.9 Å². The number of carbonyl (C=O) groups is 1. The molecule has 7 heteroatoms. The van der Waals surface area contributed by atoms with Crippen LogP contribution in [-0.4, -0.2) is 79.8 Å². The maximum Gasteiger partial charge on any atom is 0.407 e. The predicted octanol–water partition coefficient (Wildman–Crippen LogP) is 1.89. The van der Waals surface area contributed by atoms with Crippen molar-refractivity contribution < 1.29 is 9.53 Å². The second-order valence-electron chi connectivity index (χ2n) is 8.62. The molecule has 26 heavy (non-hydrogen) atoms. The minimum absolute atomic E-state index is 0.102. The average Bonchev–Trinajstić information content (AvgIpc) is 3.18. The Labute approximate surface area is 158 Å². The molecule has 2 N–H and O–H groups in total. The number of guanidine groups is 1. The van der Waals surface area contributed by atoms with E-state index < -0.39 is 5.60 Å². The van der Waals surface area contributed by atoms with Crippen LogP contribution in [-0.2, 0) is 4.74 Å². The second kappa shape index (κ2) is 9.44. The van der Waals surface area contributed by atoms with Crippen LogP contribution in [0.15, 0.2) is 4.99 Å². The Morgan fingerprint density at radius 1 is 1.27 bits per heavy atom. The van der Waals surface area contributed by atoms with Crippen LogP contribution < -0.4 is 10.6 Å². The summed E-state index contributed by atoms with van der Waals surface area (Å²) in [4.78, 5) is 21.1. The van der Waals surface area contributed by atoms with Gasteiger partial charge in [0, 0.05) is 33.2 Å². The number of nitrogens with zero attached hydrogens (tertiary/aromatic N) is 3. The Bertz CT molecular complexity index is 483. The first kappa shape index (κ1) is 20.8. The standard InChI is InChI=1S/C19H37N5O2/c1-15(13-23-9-6-7-10-23)12-21-17(20-5)24-11-8-16(14-24)22-18(25)26-19(2,3)4/h15-16H,6-14H2,1-5H3,(H,20,21)(H,22,25). The zero-order chi connectivity index (χ0) is 19.2.